The van der Waals surface area contributed by atoms with Gasteiger partial charge in [-0.05, 0) is 6.42 Å². The summed E-state index contributed by atoms with van der Waals surface area (Å²) in [5.74, 6) is -2.00. The Kier molecular flexibility index (Phi) is 3.41. The molecule has 0 aliphatic heterocycles. The highest BCUT2D eigenvalue weighted by atomic mass is 19.1. The van der Waals surface area contributed by atoms with Gasteiger partial charge in [-0.15, -0.1) is 0 Å². The molecule has 3 N–H and O–H groups in total. The summed E-state index contributed by atoms with van der Waals surface area (Å²) in [6.07, 6.45) is 1.33. The van der Waals surface area contributed by atoms with Gasteiger partial charge < -0.3 is 10.8 Å². The van der Waals surface area contributed by atoms with E-state index in [1.165, 1.54) is 0 Å². The molecule has 1 unspecified atom stereocenters. The van der Waals surface area contributed by atoms with Gasteiger partial charge in [-0.2, -0.15) is 0 Å². The van der Waals surface area contributed by atoms with E-state index in [2.05, 4.69) is 0 Å². The van der Waals surface area contributed by atoms with Crippen LogP contribution >= 0.6 is 0 Å². The normalized spacial score (nSPS) is 12.9. The lowest BCUT2D eigenvalue weighted by molar-refractivity contribution is 0.436. The summed E-state index contributed by atoms with van der Waals surface area (Å²) in [6.45, 7) is 1.90. The molecule has 0 heterocycles. The van der Waals surface area contributed by atoms with E-state index in [-0.39, 0.29) is 5.56 Å². The Bertz CT molecular complexity index is 305. The number of rotatable bonds is 3. The minimum atomic E-state index is -0.799. The van der Waals surface area contributed by atoms with Crippen molar-refractivity contribution < 1.29 is 13.9 Å². The lowest BCUT2D eigenvalue weighted by atomic mass is 10.0. The van der Waals surface area contributed by atoms with Gasteiger partial charge in [-0.3, -0.25) is 0 Å². The molecule has 0 aromatic heterocycles. The topological polar surface area (TPSA) is 46.2 Å². The highest BCUT2D eigenvalue weighted by Gasteiger charge is 2.16. The Hall–Kier alpha value is -1.16. The quantitative estimate of drug-likeness (QED) is 0.789. The maximum atomic E-state index is 13.2. The van der Waals surface area contributed by atoms with Crippen LogP contribution < -0.4 is 5.73 Å². The van der Waals surface area contributed by atoms with E-state index in [1.54, 1.807) is 0 Å². The van der Waals surface area contributed by atoms with Crippen LogP contribution in [-0.2, 0) is 0 Å². The van der Waals surface area contributed by atoms with Crippen molar-refractivity contribution in [3.63, 3.8) is 0 Å². The van der Waals surface area contributed by atoms with Crippen LogP contribution in [0.1, 0.15) is 31.4 Å². The van der Waals surface area contributed by atoms with Gasteiger partial charge >= 0.3 is 0 Å². The number of hydrogen-bond acceptors (Lipinski definition) is 2. The van der Waals surface area contributed by atoms with E-state index in [9.17, 15) is 13.9 Å². The first kappa shape index (κ1) is 10.9. The van der Waals surface area contributed by atoms with Crippen molar-refractivity contribution in [1.82, 2.24) is 0 Å². The molecule has 0 bridgehead atoms. The molecule has 1 aromatic rings. The van der Waals surface area contributed by atoms with Crippen molar-refractivity contribution in [3.05, 3.63) is 29.3 Å². The van der Waals surface area contributed by atoms with Crippen molar-refractivity contribution in [2.75, 3.05) is 0 Å². The van der Waals surface area contributed by atoms with Crippen molar-refractivity contribution in [2.45, 2.75) is 25.8 Å². The zero-order valence-electron chi connectivity index (χ0n) is 7.93. The number of phenols is 1. The van der Waals surface area contributed by atoms with Gasteiger partial charge in [0.1, 0.15) is 17.4 Å². The van der Waals surface area contributed by atoms with Crippen molar-refractivity contribution in [2.24, 2.45) is 5.73 Å². The fourth-order valence-corrected chi connectivity index (χ4v) is 1.39. The molecule has 0 radical (unpaired) electrons. The summed E-state index contributed by atoms with van der Waals surface area (Å²) >= 11 is 0. The van der Waals surface area contributed by atoms with Crippen LogP contribution in [0.5, 0.6) is 5.75 Å². The molecule has 4 heteroatoms. The average molecular weight is 201 g/mol. The van der Waals surface area contributed by atoms with Gasteiger partial charge in [0.2, 0.25) is 0 Å². The van der Waals surface area contributed by atoms with Crippen LogP contribution in [0, 0.1) is 11.6 Å². The second kappa shape index (κ2) is 4.37. The first-order chi connectivity index (χ1) is 6.56. The van der Waals surface area contributed by atoms with Gasteiger partial charge in [0.15, 0.2) is 0 Å². The van der Waals surface area contributed by atoms with E-state index in [4.69, 9.17) is 5.73 Å². The first-order valence-corrected chi connectivity index (χ1v) is 4.49. The summed E-state index contributed by atoms with van der Waals surface area (Å²) in [6, 6.07) is 1.01. The van der Waals surface area contributed by atoms with Crippen LogP contribution in [0.2, 0.25) is 0 Å². The van der Waals surface area contributed by atoms with E-state index in [0.29, 0.717) is 6.42 Å². The predicted octanol–water partition coefficient (Wildman–Crippen LogP) is 2.47. The molecule has 0 spiro atoms. The highest BCUT2D eigenvalue weighted by Crippen LogP contribution is 2.29. The summed E-state index contributed by atoms with van der Waals surface area (Å²) in [7, 11) is 0. The fraction of sp³-hybridized carbons (Fsp3) is 0.400. The van der Waals surface area contributed by atoms with Gasteiger partial charge in [-0.1, -0.05) is 13.3 Å². The number of halogens is 2. The molecule has 78 valence electrons. The summed E-state index contributed by atoms with van der Waals surface area (Å²) in [5, 5.41) is 9.31. The molecule has 0 aliphatic rings. The molecule has 0 fully saturated rings. The predicted molar refractivity (Wildman–Crippen MR) is 49.9 cm³/mol. The maximum absolute atomic E-state index is 13.2. The van der Waals surface area contributed by atoms with Gasteiger partial charge in [-0.25, -0.2) is 8.78 Å². The summed E-state index contributed by atoms with van der Waals surface area (Å²) in [4.78, 5) is 0. The van der Waals surface area contributed by atoms with E-state index in [0.717, 1.165) is 18.6 Å². The third kappa shape index (κ3) is 2.20. The molecule has 1 aromatic carbocycles. The Balaban J connectivity index is 3.07. The molecular formula is C10H13F2NO. The monoisotopic (exact) mass is 201 g/mol. The molecule has 14 heavy (non-hydrogen) atoms. The number of hydrogen-bond donors (Lipinski definition) is 2. The van der Waals surface area contributed by atoms with Gasteiger partial charge in [0.25, 0.3) is 0 Å². The second-order valence-corrected chi connectivity index (χ2v) is 3.22. The van der Waals surface area contributed by atoms with E-state index in [1.807, 2.05) is 6.92 Å². The molecule has 0 amide bonds. The lowest BCUT2D eigenvalue weighted by Gasteiger charge is -2.13. The van der Waals surface area contributed by atoms with Crippen molar-refractivity contribution in [3.8, 4) is 5.75 Å². The number of aromatic hydroxyl groups is 1. The minimum absolute atomic E-state index is 0.00625. The van der Waals surface area contributed by atoms with Crippen molar-refractivity contribution in [1.29, 1.82) is 0 Å². The Labute approximate surface area is 81.4 Å². The van der Waals surface area contributed by atoms with Crippen LogP contribution in [0.3, 0.4) is 0 Å². The van der Waals surface area contributed by atoms with Gasteiger partial charge in [0.05, 0.1) is 0 Å². The lowest BCUT2D eigenvalue weighted by Crippen LogP contribution is -2.12. The maximum Gasteiger partial charge on any atom is 0.134 e. The Morgan fingerprint density at radius 2 is 2.07 bits per heavy atom. The molecule has 1 rings (SSSR count). The number of nitrogens with two attached hydrogens (primary N) is 1. The minimum Gasteiger partial charge on any atom is -0.507 e. The van der Waals surface area contributed by atoms with Crippen molar-refractivity contribution >= 4 is 0 Å². The fourth-order valence-electron chi connectivity index (χ4n) is 1.39. The zero-order valence-corrected chi connectivity index (χ0v) is 7.93. The molecule has 0 saturated carbocycles. The van der Waals surface area contributed by atoms with Crippen LogP contribution in [0.4, 0.5) is 8.78 Å². The third-order valence-corrected chi connectivity index (χ3v) is 2.04. The summed E-state index contributed by atoms with van der Waals surface area (Å²) < 4.78 is 25.8. The SMILES string of the molecule is CCCC(N)c1c(O)cc(F)cc1F. The van der Waals surface area contributed by atoms with E-state index >= 15 is 0 Å². The first-order valence-electron chi connectivity index (χ1n) is 4.49. The Morgan fingerprint density at radius 3 is 2.57 bits per heavy atom. The molecular weight excluding hydrogens is 188 g/mol. The molecule has 2 nitrogen and oxygen atoms in total. The smallest absolute Gasteiger partial charge is 0.134 e. The molecule has 0 saturated heterocycles. The summed E-state index contributed by atoms with van der Waals surface area (Å²) in [5.41, 5.74) is 5.63. The largest absolute Gasteiger partial charge is 0.507 e. The van der Waals surface area contributed by atoms with Crippen LogP contribution in [-0.4, -0.2) is 5.11 Å². The average Bonchev–Trinajstić information content (AvgIpc) is 2.01. The zero-order chi connectivity index (χ0) is 10.7. The third-order valence-electron chi connectivity index (χ3n) is 2.04. The Morgan fingerprint density at radius 1 is 1.43 bits per heavy atom. The molecule has 1 atom stereocenters. The van der Waals surface area contributed by atoms with E-state index < -0.39 is 23.4 Å². The van der Waals surface area contributed by atoms with Gasteiger partial charge in [0, 0.05) is 23.7 Å². The number of phenolic OH excluding ortho intramolecular Hbond substituents is 1. The standard InChI is InChI=1S/C10H13F2NO/c1-2-3-8(13)10-7(12)4-6(11)5-9(10)14/h4-5,8,14H,2-3,13H2,1H3. The van der Waals surface area contributed by atoms with Crippen LogP contribution in [0.25, 0.3) is 0 Å². The van der Waals surface area contributed by atoms with Crippen LogP contribution in [0.15, 0.2) is 12.1 Å². The molecule has 0 aliphatic carbocycles. The number of benzene rings is 1. The highest BCUT2D eigenvalue weighted by molar-refractivity contribution is 5.36. The second-order valence-electron chi connectivity index (χ2n) is 3.22.